The van der Waals surface area contributed by atoms with Crippen LogP contribution in [0.5, 0.6) is 0 Å². The van der Waals surface area contributed by atoms with E-state index in [1.807, 2.05) is 36.4 Å². The van der Waals surface area contributed by atoms with Gasteiger partial charge in [0.15, 0.2) is 5.82 Å². The average Bonchev–Trinajstić information content (AvgIpc) is 3.15. The molecule has 6 heteroatoms. The van der Waals surface area contributed by atoms with Crippen molar-refractivity contribution < 1.29 is 4.42 Å². The first-order valence-electron chi connectivity index (χ1n) is 9.19. The van der Waals surface area contributed by atoms with E-state index in [4.69, 9.17) is 4.42 Å². The Balaban J connectivity index is 1.64. The van der Waals surface area contributed by atoms with E-state index in [-0.39, 0.29) is 5.63 Å². The maximum absolute atomic E-state index is 12.0. The Morgan fingerprint density at radius 1 is 1.14 bits per heavy atom. The minimum absolute atomic E-state index is 0.334. The summed E-state index contributed by atoms with van der Waals surface area (Å²) in [6.45, 7) is 6.38. The zero-order valence-electron chi connectivity index (χ0n) is 16.0. The third kappa shape index (κ3) is 3.73. The van der Waals surface area contributed by atoms with Crippen LogP contribution in [0, 0.1) is 6.92 Å². The minimum Gasteiger partial charge on any atom is -0.423 e. The summed E-state index contributed by atoms with van der Waals surface area (Å²) in [5.41, 5.74) is 4.62. The summed E-state index contributed by atoms with van der Waals surface area (Å²) in [4.78, 5) is 16.6. The van der Waals surface area contributed by atoms with Crippen LogP contribution in [0.25, 0.3) is 22.4 Å². The fourth-order valence-electron chi connectivity index (χ4n) is 3.31. The van der Waals surface area contributed by atoms with Crippen molar-refractivity contribution >= 4 is 22.7 Å². The van der Waals surface area contributed by atoms with Gasteiger partial charge in [-0.15, -0.1) is 5.10 Å². The number of aromatic amines is 1. The van der Waals surface area contributed by atoms with Crippen LogP contribution in [0.4, 0.5) is 0 Å². The number of benzene rings is 2. The van der Waals surface area contributed by atoms with Crippen LogP contribution in [0.15, 0.2) is 62.9 Å². The molecule has 4 rings (SSSR count). The number of aromatic nitrogens is 3. The lowest BCUT2D eigenvalue weighted by atomic mass is 9.95. The van der Waals surface area contributed by atoms with Gasteiger partial charge < -0.3 is 4.42 Å². The molecule has 4 aromatic rings. The second kappa shape index (κ2) is 7.64. The Labute approximate surface area is 167 Å². The molecular formula is C22H21N3O2S. The molecule has 0 radical (unpaired) electrons. The van der Waals surface area contributed by atoms with Crippen LogP contribution in [0.3, 0.4) is 0 Å². The second-order valence-corrected chi connectivity index (χ2v) is 8.01. The SMILES string of the molecule is Cc1cc2oc(=O)cc(CSc3n[nH]c(-c4ccccc4)n3)c2cc1C(C)C. The maximum atomic E-state index is 12.0. The highest BCUT2D eigenvalue weighted by molar-refractivity contribution is 7.98. The number of H-pyrrole nitrogens is 1. The quantitative estimate of drug-likeness (QED) is 0.369. The number of rotatable bonds is 5. The van der Waals surface area contributed by atoms with Crippen LogP contribution in [0.1, 0.15) is 36.5 Å². The van der Waals surface area contributed by atoms with E-state index in [2.05, 4.69) is 42.0 Å². The highest BCUT2D eigenvalue weighted by Crippen LogP contribution is 2.30. The smallest absolute Gasteiger partial charge is 0.336 e. The second-order valence-electron chi connectivity index (χ2n) is 7.07. The number of aryl methyl sites for hydroxylation is 1. The summed E-state index contributed by atoms with van der Waals surface area (Å²) in [7, 11) is 0. The topological polar surface area (TPSA) is 71.8 Å². The molecule has 0 saturated heterocycles. The molecule has 2 aromatic carbocycles. The Morgan fingerprint density at radius 2 is 1.93 bits per heavy atom. The molecule has 0 spiro atoms. The molecular weight excluding hydrogens is 370 g/mol. The van der Waals surface area contributed by atoms with Crippen molar-refractivity contribution in [1.82, 2.24) is 15.2 Å². The van der Waals surface area contributed by atoms with Gasteiger partial charge in [-0.2, -0.15) is 0 Å². The molecule has 28 heavy (non-hydrogen) atoms. The van der Waals surface area contributed by atoms with E-state index >= 15 is 0 Å². The molecule has 0 bridgehead atoms. The summed E-state index contributed by atoms with van der Waals surface area (Å²) < 4.78 is 5.43. The summed E-state index contributed by atoms with van der Waals surface area (Å²) in [6, 6.07) is 15.5. The molecule has 0 fully saturated rings. The molecule has 0 unspecified atom stereocenters. The standard InChI is InChI=1S/C22H21N3O2S/c1-13(2)17-11-18-16(10-20(26)27-19(18)9-14(17)3)12-28-22-23-21(24-25-22)15-7-5-4-6-8-15/h4-11,13H,12H2,1-3H3,(H,23,24,25). The molecule has 2 aromatic heterocycles. The molecule has 0 aliphatic rings. The molecule has 0 aliphatic heterocycles. The highest BCUT2D eigenvalue weighted by Gasteiger charge is 2.13. The monoisotopic (exact) mass is 391 g/mol. The van der Waals surface area contributed by atoms with E-state index in [1.54, 1.807) is 6.07 Å². The molecule has 0 atom stereocenters. The van der Waals surface area contributed by atoms with Gasteiger partial charge >= 0.3 is 5.63 Å². The van der Waals surface area contributed by atoms with Crippen LogP contribution < -0.4 is 5.63 Å². The fourth-order valence-corrected chi connectivity index (χ4v) is 4.10. The van der Waals surface area contributed by atoms with Crippen molar-refractivity contribution in [3.8, 4) is 11.4 Å². The number of hydrogen-bond donors (Lipinski definition) is 1. The van der Waals surface area contributed by atoms with E-state index in [1.165, 1.54) is 17.3 Å². The third-order valence-electron chi connectivity index (χ3n) is 4.71. The molecule has 142 valence electrons. The first-order chi connectivity index (χ1) is 13.5. The van der Waals surface area contributed by atoms with Gasteiger partial charge in [0.25, 0.3) is 0 Å². The van der Waals surface area contributed by atoms with Gasteiger partial charge in [-0.05, 0) is 41.7 Å². The lowest BCUT2D eigenvalue weighted by Gasteiger charge is -2.12. The molecule has 5 nitrogen and oxygen atoms in total. The zero-order chi connectivity index (χ0) is 19.7. The fraction of sp³-hybridized carbons (Fsp3) is 0.227. The first-order valence-corrected chi connectivity index (χ1v) is 10.2. The van der Waals surface area contributed by atoms with Gasteiger partial charge in [-0.25, -0.2) is 9.78 Å². The predicted molar refractivity (Wildman–Crippen MR) is 113 cm³/mol. The molecule has 1 N–H and O–H groups in total. The van der Waals surface area contributed by atoms with Gasteiger partial charge in [0, 0.05) is 22.8 Å². The van der Waals surface area contributed by atoms with Gasteiger partial charge in [0.05, 0.1) is 0 Å². The third-order valence-corrected chi connectivity index (χ3v) is 5.60. The van der Waals surface area contributed by atoms with Crippen molar-refractivity contribution in [2.45, 2.75) is 37.6 Å². The van der Waals surface area contributed by atoms with Crippen molar-refractivity contribution in [1.29, 1.82) is 0 Å². The van der Waals surface area contributed by atoms with Crippen LogP contribution >= 0.6 is 11.8 Å². The first kappa shape index (κ1) is 18.5. The van der Waals surface area contributed by atoms with Gasteiger partial charge in [0.2, 0.25) is 5.16 Å². The normalized spacial score (nSPS) is 11.4. The van der Waals surface area contributed by atoms with Gasteiger partial charge in [0.1, 0.15) is 5.58 Å². The van der Waals surface area contributed by atoms with Crippen LogP contribution in [0.2, 0.25) is 0 Å². The van der Waals surface area contributed by atoms with Crippen LogP contribution in [-0.4, -0.2) is 15.2 Å². The van der Waals surface area contributed by atoms with E-state index < -0.39 is 0 Å². The largest absolute Gasteiger partial charge is 0.423 e. The molecule has 2 heterocycles. The zero-order valence-corrected chi connectivity index (χ0v) is 16.8. The number of thioether (sulfide) groups is 1. The molecule has 0 amide bonds. The summed E-state index contributed by atoms with van der Waals surface area (Å²) in [5, 5.41) is 8.89. The summed E-state index contributed by atoms with van der Waals surface area (Å²) in [6.07, 6.45) is 0. The minimum atomic E-state index is -0.334. The van der Waals surface area contributed by atoms with E-state index in [0.29, 0.717) is 22.4 Å². The number of hydrogen-bond acceptors (Lipinski definition) is 5. The Kier molecular flexibility index (Phi) is 5.05. The lowest BCUT2D eigenvalue weighted by Crippen LogP contribution is -2.02. The molecule has 0 saturated carbocycles. The Morgan fingerprint density at radius 3 is 2.68 bits per heavy atom. The van der Waals surface area contributed by atoms with Gasteiger partial charge in [-0.1, -0.05) is 55.9 Å². The van der Waals surface area contributed by atoms with Crippen molar-refractivity contribution in [2.24, 2.45) is 0 Å². The maximum Gasteiger partial charge on any atom is 0.336 e. The summed E-state index contributed by atoms with van der Waals surface area (Å²) in [5.74, 6) is 1.73. The Hall–Kier alpha value is -2.86. The van der Waals surface area contributed by atoms with Crippen molar-refractivity contribution in [3.05, 3.63) is 75.6 Å². The van der Waals surface area contributed by atoms with Gasteiger partial charge in [-0.3, -0.25) is 5.10 Å². The van der Waals surface area contributed by atoms with E-state index in [9.17, 15) is 4.79 Å². The van der Waals surface area contributed by atoms with Crippen molar-refractivity contribution in [2.75, 3.05) is 0 Å². The highest BCUT2D eigenvalue weighted by atomic mass is 32.2. The number of fused-ring (bicyclic) bond motifs is 1. The Bertz CT molecular complexity index is 1180. The van der Waals surface area contributed by atoms with Crippen molar-refractivity contribution in [3.63, 3.8) is 0 Å². The number of nitrogens with one attached hydrogen (secondary N) is 1. The average molecular weight is 391 g/mol. The lowest BCUT2D eigenvalue weighted by molar-refractivity contribution is 0.559. The van der Waals surface area contributed by atoms with Crippen LogP contribution in [-0.2, 0) is 5.75 Å². The molecule has 0 aliphatic carbocycles. The summed E-state index contributed by atoms with van der Waals surface area (Å²) >= 11 is 1.50. The predicted octanol–water partition coefficient (Wildman–Crippen LogP) is 5.30. The number of nitrogens with zero attached hydrogens (tertiary/aromatic N) is 2. The van der Waals surface area contributed by atoms with E-state index in [0.717, 1.165) is 27.9 Å².